The van der Waals surface area contributed by atoms with Gasteiger partial charge in [0.2, 0.25) is 0 Å². The van der Waals surface area contributed by atoms with E-state index < -0.39 is 35.5 Å². The maximum atomic E-state index is 14.1. The molecule has 5 rings (SSSR count). The molecule has 7 nitrogen and oxygen atoms in total. The average Bonchev–Trinajstić information content (AvgIpc) is 3.32. The van der Waals surface area contributed by atoms with Gasteiger partial charge in [-0.15, -0.1) is 0 Å². The van der Waals surface area contributed by atoms with Crippen LogP contribution in [0.15, 0.2) is 54.6 Å². The van der Waals surface area contributed by atoms with Crippen molar-refractivity contribution < 1.29 is 24.2 Å². The third kappa shape index (κ3) is 4.03. The number of benzene rings is 3. The number of anilines is 2. The summed E-state index contributed by atoms with van der Waals surface area (Å²) in [5, 5.41) is 27.0. The van der Waals surface area contributed by atoms with Crippen LogP contribution in [0.1, 0.15) is 58.6 Å². The highest BCUT2D eigenvalue weighted by molar-refractivity contribution is 6.31. The maximum Gasteiger partial charge on any atom is 0.326 e. The van der Waals surface area contributed by atoms with Crippen LogP contribution in [0.25, 0.3) is 0 Å². The molecule has 2 aliphatic rings. The molecule has 0 radical (unpaired) electrons. The molecule has 0 fully saturated rings. The summed E-state index contributed by atoms with van der Waals surface area (Å²) in [5.74, 6) is -0.956. The molecule has 3 aromatic carbocycles. The number of rotatable bonds is 3. The van der Waals surface area contributed by atoms with Crippen LogP contribution in [-0.2, 0) is 5.60 Å². The highest BCUT2D eigenvalue weighted by atomic mass is 35.5. The predicted molar refractivity (Wildman–Crippen MR) is 130 cm³/mol. The molecule has 35 heavy (non-hydrogen) atoms. The summed E-state index contributed by atoms with van der Waals surface area (Å²) < 4.78 is 14.1. The molecule has 180 valence electrons. The second-order valence-electron chi connectivity index (χ2n) is 9.23. The Morgan fingerprint density at radius 2 is 1.91 bits per heavy atom. The van der Waals surface area contributed by atoms with Gasteiger partial charge in [0.1, 0.15) is 5.82 Å². The summed E-state index contributed by atoms with van der Waals surface area (Å²) in [6.07, 6.45) is -0.826. The quantitative estimate of drug-likeness (QED) is 0.425. The van der Waals surface area contributed by atoms with Crippen LogP contribution < -0.4 is 15.5 Å². The summed E-state index contributed by atoms with van der Waals surface area (Å²) in [6, 6.07) is 12.7. The lowest BCUT2D eigenvalue weighted by Gasteiger charge is -2.24. The number of carbonyl (C=O) groups excluding carboxylic acids is 2. The number of β-amino-alcohol motifs (C(OH)–C–C–N with tert-alkyl or cyclic N) is 1. The third-order valence-corrected chi connectivity index (χ3v) is 6.74. The van der Waals surface area contributed by atoms with Gasteiger partial charge in [0.25, 0.3) is 5.91 Å². The van der Waals surface area contributed by atoms with E-state index >= 15 is 0 Å². The lowest BCUT2D eigenvalue weighted by atomic mass is 9.90. The minimum atomic E-state index is -1.31. The molecule has 0 saturated heterocycles. The number of carbonyl (C=O) groups is 2. The molecule has 9 heteroatoms. The van der Waals surface area contributed by atoms with Gasteiger partial charge in [0.15, 0.2) is 0 Å². The summed E-state index contributed by atoms with van der Waals surface area (Å²) in [7, 11) is 0. The average molecular weight is 496 g/mol. The number of urea groups is 1. The van der Waals surface area contributed by atoms with Crippen molar-refractivity contribution >= 4 is 34.9 Å². The molecule has 4 N–H and O–H groups in total. The molecular formula is C26H23ClFN3O4. The van der Waals surface area contributed by atoms with E-state index in [4.69, 9.17) is 11.6 Å². The van der Waals surface area contributed by atoms with Gasteiger partial charge in [-0.05, 0) is 55.8 Å². The highest BCUT2D eigenvalue weighted by Crippen LogP contribution is 2.42. The zero-order valence-corrected chi connectivity index (χ0v) is 19.7. The van der Waals surface area contributed by atoms with E-state index in [-0.39, 0.29) is 22.8 Å². The molecular weight excluding hydrogens is 473 g/mol. The Kier molecular flexibility index (Phi) is 5.55. The number of fused-ring (bicyclic) bond motifs is 2. The van der Waals surface area contributed by atoms with Crippen molar-refractivity contribution in [2.75, 3.05) is 16.8 Å². The van der Waals surface area contributed by atoms with E-state index in [2.05, 4.69) is 10.6 Å². The topological polar surface area (TPSA) is 102 Å². The lowest BCUT2D eigenvalue weighted by Crippen LogP contribution is -2.34. The maximum absolute atomic E-state index is 14.1. The Labute approximate surface area is 206 Å². The number of amides is 3. The number of aliphatic hydroxyl groups is 2. The molecule has 2 atom stereocenters. The van der Waals surface area contributed by atoms with E-state index in [0.717, 1.165) is 0 Å². The minimum absolute atomic E-state index is 0.0644. The minimum Gasteiger partial charge on any atom is -0.386 e. The van der Waals surface area contributed by atoms with E-state index in [1.165, 1.54) is 23.1 Å². The van der Waals surface area contributed by atoms with E-state index in [1.54, 1.807) is 50.2 Å². The van der Waals surface area contributed by atoms with Crippen LogP contribution >= 0.6 is 11.6 Å². The molecule has 0 aromatic heterocycles. The van der Waals surface area contributed by atoms with Gasteiger partial charge >= 0.3 is 6.03 Å². The van der Waals surface area contributed by atoms with E-state index in [1.807, 2.05) is 0 Å². The van der Waals surface area contributed by atoms with Crippen molar-refractivity contribution in [3.63, 3.8) is 0 Å². The van der Waals surface area contributed by atoms with E-state index in [9.17, 15) is 24.2 Å². The number of hydrogen-bond acceptors (Lipinski definition) is 4. The fourth-order valence-corrected chi connectivity index (χ4v) is 4.85. The fourth-order valence-electron chi connectivity index (χ4n) is 4.62. The third-order valence-electron chi connectivity index (χ3n) is 6.39. The van der Waals surface area contributed by atoms with Gasteiger partial charge in [0, 0.05) is 33.0 Å². The van der Waals surface area contributed by atoms with Crippen molar-refractivity contribution in [3.05, 3.63) is 93.3 Å². The molecule has 2 aliphatic heterocycles. The van der Waals surface area contributed by atoms with E-state index in [0.29, 0.717) is 27.9 Å². The molecule has 3 amide bonds. The predicted octanol–water partition coefficient (Wildman–Crippen LogP) is 4.62. The zero-order chi connectivity index (χ0) is 25.1. The van der Waals surface area contributed by atoms with Gasteiger partial charge < -0.3 is 20.8 Å². The second kappa shape index (κ2) is 8.34. The summed E-state index contributed by atoms with van der Waals surface area (Å²) >= 11 is 6.35. The Bertz CT molecular complexity index is 1370. The van der Waals surface area contributed by atoms with Gasteiger partial charge in [-0.1, -0.05) is 29.8 Å². The number of nitrogens with zero attached hydrogens (tertiary/aromatic N) is 1. The van der Waals surface area contributed by atoms with Crippen LogP contribution in [-0.4, -0.2) is 28.7 Å². The molecule has 3 aromatic rings. The Balaban J connectivity index is 1.61. The Morgan fingerprint density at radius 3 is 2.66 bits per heavy atom. The van der Waals surface area contributed by atoms with Gasteiger partial charge in [-0.3, -0.25) is 9.69 Å². The standard InChI is InChI=1S/C26H23ClFN3O4/c1-26(2,35)13-9-17-22(23(30-24(17)33)16-11-14(28)7-8-18(16)27)19(10-13)29-25(34)31-12-21(32)15-5-3-4-6-20(15)31/h3-11,21,23,32,35H,12H2,1-2H3,(H,29,34)(H,30,33)/t21-,23-/m0/s1. The first-order chi connectivity index (χ1) is 16.5. The smallest absolute Gasteiger partial charge is 0.326 e. The van der Waals surface area contributed by atoms with Crippen molar-refractivity contribution in [3.8, 4) is 0 Å². The van der Waals surface area contributed by atoms with Gasteiger partial charge in [-0.25, -0.2) is 9.18 Å². The monoisotopic (exact) mass is 495 g/mol. The normalized spacial score (nSPS) is 18.8. The fraction of sp³-hybridized carbons (Fsp3) is 0.231. The summed E-state index contributed by atoms with van der Waals surface area (Å²) in [5.41, 5.74) is 1.59. The number of para-hydroxylation sites is 1. The van der Waals surface area contributed by atoms with Crippen molar-refractivity contribution in [1.29, 1.82) is 0 Å². The second-order valence-corrected chi connectivity index (χ2v) is 9.64. The van der Waals surface area contributed by atoms with Crippen LogP contribution in [0, 0.1) is 5.82 Å². The molecule has 0 unspecified atom stereocenters. The number of hydrogen-bond donors (Lipinski definition) is 4. The summed E-state index contributed by atoms with van der Waals surface area (Å²) in [4.78, 5) is 27.7. The molecule has 2 heterocycles. The molecule has 0 bridgehead atoms. The Morgan fingerprint density at radius 1 is 1.17 bits per heavy atom. The molecule has 0 spiro atoms. The van der Waals surface area contributed by atoms with Gasteiger partial charge in [0.05, 0.1) is 30.0 Å². The first kappa shape index (κ1) is 23.3. The highest BCUT2D eigenvalue weighted by Gasteiger charge is 2.37. The van der Waals surface area contributed by atoms with Crippen molar-refractivity contribution in [2.45, 2.75) is 31.6 Å². The van der Waals surface area contributed by atoms with Gasteiger partial charge in [-0.2, -0.15) is 0 Å². The van der Waals surface area contributed by atoms with Crippen LogP contribution in [0.2, 0.25) is 5.02 Å². The number of aliphatic hydroxyl groups excluding tert-OH is 1. The largest absolute Gasteiger partial charge is 0.386 e. The first-order valence-electron chi connectivity index (χ1n) is 11.1. The van der Waals surface area contributed by atoms with Crippen LogP contribution in [0.5, 0.6) is 0 Å². The molecule has 0 saturated carbocycles. The number of halogens is 2. The Hall–Kier alpha value is -3.46. The van der Waals surface area contributed by atoms with Crippen molar-refractivity contribution in [2.24, 2.45) is 0 Å². The zero-order valence-electron chi connectivity index (χ0n) is 19.0. The van der Waals surface area contributed by atoms with Crippen LogP contribution in [0.4, 0.5) is 20.6 Å². The van der Waals surface area contributed by atoms with Crippen LogP contribution in [0.3, 0.4) is 0 Å². The molecule has 0 aliphatic carbocycles. The first-order valence-corrected chi connectivity index (χ1v) is 11.4. The number of nitrogens with one attached hydrogen (secondary N) is 2. The lowest BCUT2D eigenvalue weighted by molar-refractivity contribution is 0.0785. The summed E-state index contributed by atoms with van der Waals surface area (Å²) in [6.45, 7) is 3.21. The van der Waals surface area contributed by atoms with Crippen molar-refractivity contribution in [1.82, 2.24) is 5.32 Å². The SMILES string of the molecule is CC(C)(O)c1cc(NC(=O)N2C[C@H](O)c3ccccc32)c2c(c1)C(=O)N[C@H]2c1cc(F)ccc1Cl.